The molecule has 24 heavy (non-hydrogen) atoms. The van der Waals surface area contributed by atoms with Crippen LogP contribution in [0.4, 0.5) is 0 Å². The zero-order valence-electron chi connectivity index (χ0n) is 14.6. The Balaban J connectivity index is 1.98. The van der Waals surface area contributed by atoms with Gasteiger partial charge in [-0.3, -0.25) is 19.4 Å². The minimum Gasteiger partial charge on any atom is -0.370 e. The first-order valence-electron chi connectivity index (χ1n) is 8.49. The van der Waals surface area contributed by atoms with Crippen molar-refractivity contribution in [2.45, 2.75) is 6.92 Å². The van der Waals surface area contributed by atoms with Crippen LogP contribution in [0, 0.1) is 0 Å². The Bertz CT molecular complexity index is 328. The van der Waals surface area contributed by atoms with Crippen LogP contribution in [0.25, 0.3) is 0 Å². The van der Waals surface area contributed by atoms with Crippen molar-refractivity contribution in [3.05, 3.63) is 0 Å². The number of likely N-dealkylation sites (N-methyl/N-ethyl adjacent to an activating group) is 1. The molecule has 2 amide bonds. The van der Waals surface area contributed by atoms with Crippen molar-refractivity contribution < 1.29 is 19.1 Å². The van der Waals surface area contributed by atoms with Crippen LogP contribution in [0.5, 0.6) is 0 Å². The van der Waals surface area contributed by atoms with Crippen molar-refractivity contribution in [1.29, 1.82) is 0 Å². The standard InChI is InChI=1S/C15H31N5O4/c1-2-17-14(21)11-23-9-7-19-3-5-20(6-4-19)8-10-24-12-15(22)18-13-16/h2-13,16H2,1H3,(H,17,21)(H,18,22). The lowest BCUT2D eigenvalue weighted by Gasteiger charge is -2.34. The van der Waals surface area contributed by atoms with Crippen molar-refractivity contribution in [3.8, 4) is 0 Å². The topological polar surface area (TPSA) is 109 Å². The number of hydrogen-bond donors (Lipinski definition) is 3. The van der Waals surface area contributed by atoms with Crippen molar-refractivity contribution in [1.82, 2.24) is 20.4 Å². The maximum atomic E-state index is 11.2. The van der Waals surface area contributed by atoms with Crippen molar-refractivity contribution in [3.63, 3.8) is 0 Å². The smallest absolute Gasteiger partial charge is 0.246 e. The molecule has 1 aliphatic rings. The highest BCUT2D eigenvalue weighted by Crippen LogP contribution is 2.01. The summed E-state index contributed by atoms with van der Waals surface area (Å²) in [6.45, 7) is 9.47. The molecule has 0 bridgehead atoms. The van der Waals surface area contributed by atoms with Crippen LogP contribution in [0.3, 0.4) is 0 Å². The summed E-state index contributed by atoms with van der Waals surface area (Å²) in [6.07, 6.45) is 0. The summed E-state index contributed by atoms with van der Waals surface area (Å²) in [5.41, 5.74) is 5.21. The number of hydrogen-bond acceptors (Lipinski definition) is 7. The highest BCUT2D eigenvalue weighted by atomic mass is 16.5. The van der Waals surface area contributed by atoms with E-state index < -0.39 is 0 Å². The second kappa shape index (κ2) is 13.1. The lowest BCUT2D eigenvalue weighted by atomic mass is 10.3. The van der Waals surface area contributed by atoms with Crippen LogP contribution in [-0.4, -0.2) is 101 Å². The second-order valence-corrected chi connectivity index (χ2v) is 5.55. The zero-order chi connectivity index (χ0) is 17.6. The summed E-state index contributed by atoms with van der Waals surface area (Å²) in [5, 5.41) is 5.19. The van der Waals surface area contributed by atoms with Crippen LogP contribution in [0.15, 0.2) is 0 Å². The number of carbonyl (C=O) groups is 2. The quantitative estimate of drug-likeness (QED) is 0.272. The third-order valence-electron chi connectivity index (χ3n) is 3.71. The fourth-order valence-electron chi connectivity index (χ4n) is 2.37. The van der Waals surface area contributed by atoms with Crippen LogP contribution >= 0.6 is 0 Å². The Morgan fingerprint density at radius 3 is 1.79 bits per heavy atom. The highest BCUT2D eigenvalue weighted by Gasteiger charge is 2.16. The summed E-state index contributed by atoms with van der Waals surface area (Å²) in [5.74, 6) is -0.252. The zero-order valence-corrected chi connectivity index (χ0v) is 14.6. The van der Waals surface area contributed by atoms with E-state index in [1.807, 2.05) is 6.92 Å². The molecule has 0 saturated carbocycles. The fourth-order valence-corrected chi connectivity index (χ4v) is 2.37. The fraction of sp³-hybridized carbons (Fsp3) is 0.867. The molecule has 0 spiro atoms. The second-order valence-electron chi connectivity index (χ2n) is 5.55. The minimum atomic E-state index is -0.185. The Kier molecular flexibility index (Phi) is 11.3. The minimum absolute atomic E-state index is 0.0557. The monoisotopic (exact) mass is 345 g/mol. The molecule has 0 unspecified atom stereocenters. The van der Waals surface area contributed by atoms with Crippen LogP contribution < -0.4 is 16.4 Å². The maximum Gasteiger partial charge on any atom is 0.246 e. The van der Waals surface area contributed by atoms with Gasteiger partial charge in [0, 0.05) is 45.8 Å². The van der Waals surface area contributed by atoms with Crippen molar-refractivity contribution >= 4 is 11.8 Å². The van der Waals surface area contributed by atoms with Gasteiger partial charge in [0.1, 0.15) is 13.2 Å². The Morgan fingerprint density at radius 2 is 1.38 bits per heavy atom. The Hall–Kier alpha value is -1.26. The molecule has 1 rings (SSSR count). The molecule has 1 heterocycles. The van der Waals surface area contributed by atoms with E-state index in [-0.39, 0.29) is 31.7 Å². The Morgan fingerprint density at radius 1 is 0.917 bits per heavy atom. The average Bonchev–Trinajstić information content (AvgIpc) is 2.57. The summed E-state index contributed by atoms with van der Waals surface area (Å²) >= 11 is 0. The van der Waals surface area contributed by atoms with Crippen LogP contribution in [0.1, 0.15) is 6.92 Å². The van der Waals surface area contributed by atoms with Gasteiger partial charge in [0.05, 0.1) is 19.9 Å². The number of piperazine rings is 1. The van der Waals surface area contributed by atoms with Crippen molar-refractivity contribution in [2.75, 3.05) is 78.9 Å². The Labute approximate surface area is 143 Å². The first kappa shape index (κ1) is 20.8. The summed E-state index contributed by atoms with van der Waals surface area (Å²) < 4.78 is 10.7. The predicted octanol–water partition coefficient (Wildman–Crippen LogP) is -2.19. The molecule has 1 saturated heterocycles. The van der Waals surface area contributed by atoms with Crippen LogP contribution in [0.2, 0.25) is 0 Å². The molecule has 0 aromatic heterocycles. The molecule has 1 aliphatic heterocycles. The van der Waals surface area contributed by atoms with E-state index in [9.17, 15) is 9.59 Å². The largest absolute Gasteiger partial charge is 0.370 e. The lowest BCUT2D eigenvalue weighted by Crippen LogP contribution is -2.48. The molecule has 0 radical (unpaired) electrons. The van der Waals surface area contributed by atoms with Crippen LogP contribution in [-0.2, 0) is 19.1 Å². The van der Waals surface area contributed by atoms with E-state index in [1.165, 1.54) is 0 Å². The summed E-state index contributed by atoms with van der Waals surface area (Å²) in [7, 11) is 0. The van der Waals surface area contributed by atoms with Gasteiger partial charge in [0.15, 0.2) is 0 Å². The maximum absolute atomic E-state index is 11.2. The van der Waals surface area contributed by atoms with Gasteiger partial charge in [-0.25, -0.2) is 0 Å². The molecule has 0 aromatic carbocycles. The molecule has 9 nitrogen and oxygen atoms in total. The molecular weight excluding hydrogens is 314 g/mol. The van der Waals surface area contributed by atoms with Gasteiger partial charge in [0.2, 0.25) is 11.8 Å². The molecule has 9 heteroatoms. The first-order chi connectivity index (χ1) is 11.7. The van der Waals surface area contributed by atoms with Gasteiger partial charge in [-0.05, 0) is 6.92 Å². The number of carbonyl (C=O) groups excluding carboxylic acids is 2. The molecule has 0 atom stereocenters. The number of nitrogens with one attached hydrogen (secondary N) is 2. The summed E-state index contributed by atoms with van der Waals surface area (Å²) in [4.78, 5) is 27.0. The van der Waals surface area contributed by atoms with Gasteiger partial charge in [-0.15, -0.1) is 0 Å². The molecular formula is C15H31N5O4. The average molecular weight is 345 g/mol. The van der Waals surface area contributed by atoms with Crippen molar-refractivity contribution in [2.24, 2.45) is 5.73 Å². The number of amides is 2. The van der Waals surface area contributed by atoms with Gasteiger partial charge in [0.25, 0.3) is 0 Å². The lowest BCUT2D eigenvalue weighted by molar-refractivity contribution is -0.126. The number of nitrogens with zero attached hydrogens (tertiary/aromatic N) is 2. The molecule has 0 aromatic rings. The van der Waals surface area contributed by atoms with E-state index in [0.29, 0.717) is 19.8 Å². The van der Waals surface area contributed by atoms with E-state index >= 15 is 0 Å². The van der Waals surface area contributed by atoms with Gasteiger partial charge in [-0.1, -0.05) is 0 Å². The van der Waals surface area contributed by atoms with E-state index in [2.05, 4.69) is 20.4 Å². The first-order valence-corrected chi connectivity index (χ1v) is 8.49. The van der Waals surface area contributed by atoms with E-state index in [0.717, 1.165) is 39.3 Å². The molecule has 1 fully saturated rings. The molecule has 0 aliphatic carbocycles. The third kappa shape index (κ3) is 9.78. The molecule has 140 valence electrons. The van der Waals surface area contributed by atoms with Gasteiger partial charge >= 0.3 is 0 Å². The predicted molar refractivity (Wildman–Crippen MR) is 90.4 cm³/mol. The van der Waals surface area contributed by atoms with E-state index in [1.54, 1.807) is 0 Å². The SMILES string of the molecule is CCNC(=O)COCCN1CCN(CCOCC(=O)NCN)CC1. The third-order valence-corrected chi connectivity index (χ3v) is 3.71. The summed E-state index contributed by atoms with van der Waals surface area (Å²) in [6, 6.07) is 0. The van der Waals surface area contributed by atoms with Gasteiger partial charge < -0.3 is 25.8 Å². The molecule has 4 N–H and O–H groups in total. The number of rotatable bonds is 12. The number of nitrogens with two attached hydrogens (primary N) is 1. The highest BCUT2D eigenvalue weighted by molar-refractivity contribution is 5.77. The van der Waals surface area contributed by atoms with Gasteiger partial charge in [-0.2, -0.15) is 0 Å². The normalized spacial score (nSPS) is 16.1. The van der Waals surface area contributed by atoms with E-state index in [4.69, 9.17) is 15.2 Å². The number of ether oxygens (including phenoxy) is 2.